The Bertz CT molecular complexity index is 512. The van der Waals surface area contributed by atoms with E-state index in [9.17, 15) is 9.59 Å². The standard InChI is InChI=1S/C14H22N2O3/c1-5-6-7-16-13(19)10(9-12(17)18)8-11(15-16)14(2,3)4/h8H,5-7,9H2,1-4H3,(H,17,18). The van der Waals surface area contributed by atoms with E-state index in [0.29, 0.717) is 12.1 Å². The van der Waals surface area contributed by atoms with Crippen molar-refractivity contribution in [2.45, 2.75) is 58.9 Å². The van der Waals surface area contributed by atoms with Gasteiger partial charge in [0, 0.05) is 17.5 Å². The lowest BCUT2D eigenvalue weighted by atomic mass is 9.91. The Hall–Kier alpha value is -1.65. The molecule has 1 heterocycles. The van der Waals surface area contributed by atoms with Crippen LogP contribution in [0.25, 0.3) is 0 Å². The second kappa shape index (κ2) is 5.99. The molecule has 0 spiro atoms. The minimum atomic E-state index is -0.995. The molecule has 0 fully saturated rings. The number of hydrogen-bond acceptors (Lipinski definition) is 3. The molecule has 0 aliphatic rings. The molecule has 106 valence electrons. The van der Waals surface area contributed by atoms with Gasteiger partial charge < -0.3 is 5.11 Å². The quantitative estimate of drug-likeness (QED) is 0.884. The van der Waals surface area contributed by atoms with E-state index in [2.05, 4.69) is 5.10 Å². The summed E-state index contributed by atoms with van der Waals surface area (Å²) in [4.78, 5) is 23.0. The fourth-order valence-electron chi connectivity index (χ4n) is 1.71. The number of rotatable bonds is 5. The van der Waals surface area contributed by atoms with Crippen molar-refractivity contribution in [1.82, 2.24) is 9.78 Å². The molecule has 5 heteroatoms. The maximum absolute atomic E-state index is 12.1. The van der Waals surface area contributed by atoms with E-state index < -0.39 is 5.97 Å². The lowest BCUT2D eigenvalue weighted by Crippen LogP contribution is -2.31. The molecule has 0 amide bonds. The van der Waals surface area contributed by atoms with Crippen molar-refractivity contribution < 1.29 is 9.90 Å². The second-order valence-electron chi connectivity index (χ2n) is 5.76. The van der Waals surface area contributed by atoms with E-state index >= 15 is 0 Å². The lowest BCUT2D eigenvalue weighted by Gasteiger charge is -2.19. The van der Waals surface area contributed by atoms with Crippen LogP contribution in [0.4, 0.5) is 0 Å². The van der Waals surface area contributed by atoms with Gasteiger partial charge in [-0.25, -0.2) is 4.68 Å². The average Bonchev–Trinajstić information content (AvgIpc) is 2.28. The van der Waals surface area contributed by atoms with Crippen LogP contribution in [-0.2, 0) is 23.2 Å². The normalized spacial score (nSPS) is 11.6. The minimum absolute atomic E-state index is 0.213. The third-order valence-corrected chi connectivity index (χ3v) is 2.88. The second-order valence-corrected chi connectivity index (χ2v) is 5.76. The van der Waals surface area contributed by atoms with Gasteiger partial charge in [-0.05, 0) is 12.5 Å². The third-order valence-electron chi connectivity index (χ3n) is 2.88. The molecular formula is C14H22N2O3. The number of aliphatic carboxylic acids is 1. The molecule has 0 radical (unpaired) electrons. The fourth-order valence-corrected chi connectivity index (χ4v) is 1.71. The van der Waals surface area contributed by atoms with E-state index in [4.69, 9.17) is 5.11 Å². The van der Waals surface area contributed by atoms with Crippen LogP contribution in [0.3, 0.4) is 0 Å². The third kappa shape index (κ3) is 4.19. The van der Waals surface area contributed by atoms with Crippen molar-refractivity contribution in [2.75, 3.05) is 0 Å². The molecule has 0 aliphatic carbocycles. The van der Waals surface area contributed by atoms with E-state index in [-0.39, 0.29) is 17.4 Å². The summed E-state index contributed by atoms with van der Waals surface area (Å²) in [6.45, 7) is 8.56. The van der Waals surface area contributed by atoms with Gasteiger partial charge in [0.25, 0.3) is 5.56 Å². The summed E-state index contributed by atoms with van der Waals surface area (Å²) < 4.78 is 1.41. The van der Waals surface area contributed by atoms with Crippen molar-refractivity contribution in [2.24, 2.45) is 0 Å². The zero-order chi connectivity index (χ0) is 14.6. The number of unbranched alkanes of at least 4 members (excludes halogenated alkanes) is 1. The molecule has 0 saturated heterocycles. The average molecular weight is 266 g/mol. The Morgan fingerprint density at radius 3 is 2.53 bits per heavy atom. The van der Waals surface area contributed by atoms with Crippen molar-refractivity contribution in [3.8, 4) is 0 Å². The van der Waals surface area contributed by atoms with Crippen molar-refractivity contribution >= 4 is 5.97 Å². The Morgan fingerprint density at radius 2 is 2.05 bits per heavy atom. The number of carboxylic acids is 1. The topological polar surface area (TPSA) is 72.2 Å². The van der Waals surface area contributed by atoms with Gasteiger partial charge in [0.05, 0.1) is 12.1 Å². The van der Waals surface area contributed by atoms with Gasteiger partial charge in [0.15, 0.2) is 0 Å². The predicted molar refractivity (Wildman–Crippen MR) is 73.4 cm³/mol. The molecule has 1 aromatic heterocycles. The van der Waals surface area contributed by atoms with Crippen LogP contribution in [0.2, 0.25) is 0 Å². The predicted octanol–water partition coefficient (Wildman–Crippen LogP) is 1.97. The van der Waals surface area contributed by atoms with Crippen LogP contribution < -0.4 is 5.56 Å². The van der Waals surface area contributed by atoms with Gasteiger partial charge in [0.2, 0.25) is 0 Å². The van der Waals surface area contributed by atoms with E-state index in [0.717, 1.165) is 18.5 Å². The highest BCUT2D eigenvalue weighted by atomic mass is 16.4. The van der Waals surface area contributed by atoms with Gasteiger partial charge in [-0.1, -0.05) is 34.1 Å². The first-order valence-electron chi connectivity index (χ1n) is 6.59. The maximum atomic E-state index is 12.1. The van der Waals surface area contributed by atoms with Gasteiger partial charge >= 0.3 is 5.97 Å². The summed E-state index contributed by atoms with van der Waals surface area (Å²) in [5.41, 5.74) is 0.557. The number of carbonyl (C=O) groups is 1. The van der Waals surface area contributed by atoms with E-state index in [1.54, 1.807) is 6.07 Å². The van der Waals surface area contributed by atoms with Crippen molar-refractivity contribution in [3.63, 3.8) is 0 Å². The maximum Gasteiger partial charge on any atom is 0.308 e. The lowest BCUT2D eigenvalue weighted by molar-refractivity contribution is -0.136. The van der Waals surface area contributed by atoms with Gasteiger partial charge in [0.1, 0.15) is 0 Å². The Morgan fingerprint density at radius 1 is 1.42 bits per heavy atom. The van der Waals surface area contributed by atoms with Crippen LogP contribution in [0.15, 0.2) is 10.9 Å². The molecule has 0 atom stereocenters. The van der Waals surface area contributed by atoms with Crippen molar-refractivity contribution in [3.05, 3.63) is 27.7 Å². The Kier molecular flexibility index (Phi) is 4.86. The molecule has 0 aromatic carbocycles. The molecule has 19 heavy (non-hydrogen) atoms. The highest BCUT2D eigenvalue weighted by molar-refractivity contribution is 5.70. The Labute approximate surface area is 113 Å². The van der Waals surface area contributed by atoms with Gasteiger partial charge in [-0.3, -0.25) is 9.59 Å². The molecule has 1 aromatic rings. The Balaban J connectivity index is 3.30. The molecule has 0 unspecified atom stereocenters. The molecule has 1 rings (SSSR count). The number of hydrogen-bond donors (Lipinski definition) is 1. The summed E-state index contributed by atoms with van der Waals surface area (Å²) in [6, 6.07) is 1.62. The summed E-state index contributed by atoms with van der Waals surface area (Å²) in [5.74, 6) is -0.995. The van der Waals surface area contributed by atoms with Crippen molar-refractivity contribution in [1.29, 1.82) is 0 Å². The molecule has 0 bridgehead atoms. The number of aryl methyl sites for hydroxylation is 1. The van der Waals surface area contributed by atoms with Crippen LogP contribution in [0.5, 0.6) is 0 Å². The van der Waals surface area contributed by atoms with E-state index in [1.165, 1.54) is 4.68 Å². The molecule has 0 aliphatic heterocycles. The largest absolute Gasteiger partial charge is 0.481 e. The molecule has 0 saturated carbocycles. The first-order valence-corrected chi connectivity index (χ1v) is 6.59. The molecular weight excluding hydrogens is 244 g/mol. The molecule has 1 N–H and O–H groups in total. The smallest absolute Gasteiger partial charge is 0.308 e. The number of aromatic nitrogens is 2. The van der Waals surface area contributed by atoms with Crippen LogP contribution >= 0.6 is 0 Å². The van der Waals surface area contributed by atoms with Gasteiger partial charge in [-0.2, -0.15) is 5.10 Å². The zero-order valence-electron chi connectivity index (χ0n) is 12.1. The first kappa shape index (κ1) is 15.4. The van der Waals surface area contributed by atoms with Crippen LogP contribution in [0.1, 0.15) is 51.8 Å². The highest BCUT2D eigenvalue weighted by Crippen LogP contribution is 2.19. The monoisotopic (exact) mass is 266 g/mol. The van der Waals surface area contributed by atoms with Crippen LogP contribution in [0, 0.1) is 0 Å². The minimum Gasteiger partial charge on any atom is -0.481 e. The highest BCUT2D eigenvalue weighted by Gasteiger charge is 2.20. The first-order chi connectivity index (χ1) is 8.75. The van der Waals surface area contributed by atoms with E-state index in [1.807, 2.05) is 27.7 Å². The van der Waals surface area contributed by atoms with Gasteiger partial charge in [-0.15, -0.1) is 0 Å². The molecule has 5 nitrogen and oxygen atoms in total. The zero-order valence-corrected chi connectivity index (χ0v) is 12.1. The SMILES string of the molecule is CCCCn1nc(C(C)(C)C)cc(CC(=O)O)c1=O. The summed E-state index contributed by atoms with van der Waals surface area (Å²) in [5, 5.41) is 13.2. The summed E-state index contributed by atoms with van der Waals surface area (Å²) in [7, 11) is 0. The number of nitrogens with zero attached hydrogens (tertiary/aromatic N) is 2. The fraction of sp³-hybridized carbons (Fsp3) is 0.643. The number of carboxylic acid groups (broad SMARTS) is 1. The summed E-state index contributed by atoms with van der Waals surface area (Å²) in [6.07, 6.45) is 1.56. The van der Waals surface area contributed by atoms with Crippen LogP contribution in [-0.4, -0.2) is 20.9 Å². The summed E-state index contributed by atoms with van der Waals surface area (Å²) >= 11 is 0.